The Kier molecular flexibility index (Phi) is 1.24. The average Bonchev–Trinajstić information content (AvgIpc) is 1.95. The molecule has 0 aromatic carbocycles. The molecule has 1 amide bonds. The molecule has 3 nitrogen and oxygen atoms in total. The van der Waals surface area contributed by atoms with Gasteiger partial charge in [-0.2, -0.15) is 0 Å². The topological polar surface area (TPSA) is 49.3 Å². The van der Waals surface area contributed by atoms with Crippen LogP contribution in [-0.2, 0) is 4.79 Å². The molecule has 1 rings (SSSR count). The van der Waals surface area contributed by atoms with Crippen LogP contribution in [0.5, 0.6) is 0 Å². The van der Waals surface area contributed by atoms with Gasteiger partial charge in [-0.15, -0.1) is 0 Å². The smallest absolute Gasteiger partial charge is 0.251 e. The van der Waals surface area contributed by atoms with Crippen molar-refractivity contribution in [2.45, 2.75) is 26.3 Å². The van der Waals surface area contributed by atoms with E-state index in [-0.39, 0.29) is 11.7 Å². The fourth-order valence-corrected chi connectivity index (χ4v) is 1.01. The molecule has 1 heterocycles. The molecule has 0 saturated heterocycles. The van der Waals surface area contributed by atoms with Crippen molar-refractivity contribution < 1.29 is 9.90 Å². The first-order valence-corrected chi connectivity index (χ1v) is 3.18. The summed E-state index contributed by atoms with van der Waals surface area (Å²) >= 11 is 0. The van der Waals surface area contributed by atoms with Crippen LogP contribution < -0.4 is 5.32 Å². The maximum Gasteiger partial charge on any atom is 0.251 e. The molecule has 0 atom stereocenters. The molecule has 0 fully saturated rings. The summed E-state index contributed by atoms with van der Waals surface area (Å²) in [5.74, 6) is -0.0278. The number of amides is 1. The molecule has 56 valence electrons. The van der Waals surface area contributed by atoms with Gasteiger partial charge in [-0.25, -0.2) is 0 Å². The van der Waals surface area contributed by atoms with Crippen molar-refractivity contribution in [3.63, 3.8) is 0 Å². The lowest BCUT2D eigenvalue weighted by atomic mass is 10.0. The summed E-state index contributed by atoms with van der Waals surface area (Å²) in [6, 6.07) is 0. The van der Waals surface area contributed by atoms with Crippen molar-refractivity contribution in [2.75, 3.05) is 0 Å². The molecule has 0 aromatic heterocycles. The van der Waals surface area contributed by atoms with Gasteiger partial charge >= 0.3 is 0 Å². The monoisotopic (exact) mass is 141 g/mol. The Morgan fingerprint density at radius 3 is 2.10 bits per heavy atom. The molecular weight excluding hydrogens is 130 g/mol. The van der Waals surface area contributed by atoms with Gasteiger partial charge in [0.1, 0.15) is 5.76 Å². The molecule has 0 aromatic rings. The lowest BCUT2D eigenvalue weighted by molar-refractivity contribution is -0.117. The van der Waals surface area contributed by atoms with E-state index in [1.807, 2.05) is 0 Å². The molecule has 0 aliphatic carbocycles. The lowest BCUT2D eigenvalue weighted by Crippen LogP contribution is -2.38. The Bertz CT molecular complexity index is 216. The summed E-state index contributed by atoms with van der Waals surface area (Å²) in [4.78, 5) is 10.9. The van der Waals surface area contributed by atoms with Crippen LogP contribution in [0.3, 0.4) is 0 Å². The summed E-state index contributed by atoms with van der Waals surface area (Å²) in [6.45, 7) is 5.13. The normalized spacial score (nSPS) is 23.3. The van der Waals surface area contributed by atoms with E-state index in [1.165, 1.54) is 0 Å². The first-order valence-electron chi connectivity index (χ1n) is 3.18. The SMILES string of the molecule is CC1=C(O)C(C)(C)NC1=O. The summed E-state index contributed by atoms with van der Waals surface area (Å²) < 4.78 is 0. The van der Waals surface area contributed by atoms with E-state index in [0.29, 0.717) is 5.57 Å². The summed E-state index contributed by atoms with van der Waals surface area (Å²) in [6.07, 6.45) is 0. The number of carbonyl (C=O) groups excluding carboxylic acids is 1. The number of aliphatic hydroxyl groups is 1. The zero-order valence-corrected chi connectivity index (χ0v) is 6.36. The van der Waals surface area contributed by atoms with Crippen molar-refractivity contribution in [3.8, 4) is 0 Å². The quantitative estimate of drug-likeness (QED) is 0.522. The van der Waals surface area contributed by atoms with Gasteiger partial charge in [-0.05, 0) is 20.8 Å². The lowest BCUT2D eigenvalue weighted by Gasteiger charge is -2.17. The van der Waals surface area contributed by atoms with Crippen LogP contribution in [-0.4, -0.2) is 16.6 Å². The molecule has 0 bridgehead atoms. The summed E-state index contributed by atoms with van der Waals surface area (Å²) in [5.41, 5.74) is -0.147. The molecule has 3 heteroatoms. The highest BCUT2D eigenvalue weighted by molar-refractivity contribution is 5.97. The van der Waals surface area contributed by atoms with Gasteiger partial charge in [-0.1, -0.05) is 0 Å². The van der Waals surface area contributed by atoms with Crippen molar-refractivity contribution in [3.05, 3.63) is 11.3 Å². The maximum absolute atomic E-state index is 10.9. The fraction of sp³-hybridized carbons (Fsp3) is 0.571. The molecule has 0 saturated carbocycles. The number of hydrogen-bond acceptors (Lipinski definition) is 2. The molecule has 0 unspecified atom stereocenters. The van der Waals surface area contributed by atoms with Gasteiger partial charge in [0.05, 0.1) is 11.1 Å². The van der Waals surface area contributed by atoms with Crippen LogP contribution >= 0.6 is 0 Å². The van der Waals surface area contributed by atoms with Crippen LogP contribution in [0.25, 0.3) is 0 Å². The Hall–Kier alpha value is -0.990. The number of carbonyl (C=O) groups is 1. The highest BCUT2D eigenvalue weighted by atomic mass is 16.3. The second-order valence-corrected chi connectivity index (χ2v) is 3.05. The minimum Gasteiger partial charge on any atom is -0.509 e. The molecule has 2 N–H and O–H groups in total. The van der Waals surface area contributed by atoms with E-state index in [0.717, 1.165) is 0 Å². The van der Waals surface area contributed by atoms with Gasteiger partial charge in [0.25, 0.3) is 5.91 Å². The Labute approximate surface area is 59.7 Å². The standard InChI is InChI=1S/C7H11NO2/c1-4-5(9)7(2,3)8-6(4)10/h9H,1-3H3,(H,8,10). The van der Waals surface area contributed by atoms with E-state index >= 15 is 0 Å². The second-order valence-electron chi connectivity index (χ2n) is 3.05. The van der Waals surface area contributed by atoms with Gasteiger partial charge in [0.15, 0.2) is 0 Å². The van der Waals surface area contributed by atoms with E-state index in [2.05, 4.69) is 5.32 Å². The van der Waals surface area contributed by atoms with E-state index < -0.39 is 5.54 Å². The van der Waals surface area contributed by atoms with Crippen molar-refractivity contribution in [2.24, 2.45) is 0 Å². The van der Waals surface area contributed by atoms with Crippen molar-refractivity contribution in [1.82, 2.24) is 5.32 Å². The van der Waals surface area contributed by atoms with E-state index in [1.54, 1.807) is 20.8 Å². The number of hydrogen-bond donors (Lipinski definition) is 2. The molecule has 10 heavy (non-hydrogen) atoms. The zero-order valence-electron chi connectivity index (χ0n) is 6.36. The molecular formula is C7H11NO2. The van der Waals surface area contributed by atoms with Crippen LogP contribution in [0.15, 0.2) is 11.3 Å². The number of rotatable bonds is 0. The Morgan fingerprint density at radius 1 is 1.50 bits per heavy atom. The second kappa shape index (κ2) is 1.75. The van der Waals surface area contributed by atoms with Crippen molar-refractivity contribution >= 4 is 5.91 Å². The van der Waals surface area contributed by atoms with E-state index in [9.17, 15) is 9.90 Å². The Morgan fingerprint density at radius 2 is 2.00 bits per heavy atom. The van der Waals surface area contributed by atoms with Crippen LogP contribution in [0.1, 0.15) is 20.8 Å². The molecule has 0 radical (unpaired) electrons. The zero-order chi connectivity index (χ0) is 7.94. The van der Waals surface area contributed by atoms with Gasteiger partial charge in [0.2, 0.25) is 0 Å². The van der Waals surface area contributed by atoms with Gasteiger partial charge in [0, 0.05) is 0 Å². The third-order valence-electron chi connectivity index (χ3n) is 1.71. The first kappa shape index (κ1) is 7.12. The minimum absolute atomic E-state index is 0.150. The largest absolute Gasteiger partial charge is 0.509 e. The average molecular weight is 141 g/mol. The highest BCUT2D eigenvalue weighted by Gasteiger charge is 2.35. The highest BCUT2D eigenvalue weighted by Crippen LogP contribution is 2.23. The maximum atomic E-state index is 10.9. The number of nitrogens with one attached hydrogen (secondary N) is 1. The summed E-state index contributed by atoms with van der Waals surface area (Å²) in [5, 5.41) is 11.9. The fourth-order valence-electron chi connectivity index (χ4n) is 1.01. The third-order valence-corrected chi connectivity index (χ3v) is 1.71. The third kappa shape index (κ3) is 0.781. The van der Waals surface area contributed by atoms with Crippen LogP contribution in [0.4, 0.5) is 0 Å². The van der Waals surface area contributed by atoms with Gasteiger partial charge in [-0.3, -0.25) is 4.79 Å². The van der Waals surface area contributed by atoms with Gasteiger partial charge < -0.3 is 10.4 Å². The minimum atomic E-state index is -0.568. The predicted octanol–water partition coefficient (Wildman–Crippen LogP) is 0.727. The summed E-state index contributed by atoms with van der Waals surface area (Å²) in [7, 11) is 0. The molecule has 1 aliphatic rings. The predicted molar refractivity (Wildman–Crippen MR) is 37.6 cm³/mol. The molecule has 0 spiro atoms. The van der Waals surface area contributed by atoms with Crippen molar-refractivity contribution in [1.29, 1.82) is 0 Å². The van der Waals surface area contributed by atoms with Crippen LogP contribution in [0, 0.1) is 0 Å². The Balaban J connectivity index is 3.06. The number of aliphatic hydroxyl groups excluding tert-OH is 1. The van der Waals surface area contributed by atoms with Crippen LogP contribution in [0.2, 0.25) is 0 Å². The first-order chi connectivity index (χ1) is 4.45. The van der Waals surface area contributed by atoms with E-state index in [4.69, 9.17) is 0 Å². The molecule has 1 aliphatic heterocycles.